The monoisotopic (exact) mass is 457 g/mol. The molecule has 1 amide bonds. The first kappa shape index (κ1) is 23.1. The number of anilines is 1. The van der Waals surface area contributed by atoms with Crippen LogP contribution < -0.4 is 9.64 Å². The minimum Gasteiger partial charge on any atom is -0.508 e. The lowest BCUT2D eigenvalue weighted by Crippen LogP contribution is -2.29. The van der Waals surface area contributed by atoms with Crippen LogP contribution in [0.2, 0.25) is 0 Å². The fourth-order valence-electron chi connectivity index (χ4n) is 4.09. The molecule has 1 heterocycles. The number of amides is 1. The van der Waals surface area contributed by atoms with Crippen LogP contribution >= 0.6 is 0 Å². The van der Waals surface area contributed by atoms with Crippen LogP contribution in [0.1, 0.15) is 41.6 Å². The molecule has 6 nitrogen and oxygen atoms in total. The fraction of sp³-hybridized carbons (Fsp3) is 0.214. The summed E-state index contributed by atoms with van der Waals surface area (Å²) in [6.45, 7) is 6.41. The third-order valence-corrected chi connectivity index (χ3v) is 5.98. The van der Waals surface area contributed by atoms with Gasteiger partial charge in [-0.1, -0.05) is 37.3 Å². The SMILES string of the molecule is CCCOc1cccc(/C(O)=C2\C(=O)C(=O)N(c3ccc(C)c(C)c3)C2c2cccc(O)c2)c1. The number of benzene rings is 3. The lowest BCUT2D eigenvalue weighted by molar-refractivity contribution is -0.132. The zero-order valence-corrected chi connectivity index (χ0v) is 19.4. The van der Waals surface area contributed by atoms with E-state index in [4.69, 9.17) is 4.74 Å². The number of nitrogens with zero attached hydrogens (tertiary/aromatic N) is 1. The van der Waals surface area contributed by atoms with Crippen molar-refractivity contribution in [3.8, 4) is 11.5 Å². The number of phenols is 1. The summed E-state index contributed by atoms with van der Waals surface area (Å²) in [7, 11) is 0. The molecule has 2 N–H and O–H groups in total. The van der Waals surface area contributed by atoms with Crippen LogP contribution in [0, 0.1) is 13.8 Å². The fourth-order valence-corrected chi connectivity index (χ4v) is 4.09. The molecule has 6 heteroatoms. The molecule has 1 atom stereocenters. The Hall–Kier alpha value is -4.06. The van der Waals surface area contributed by atoms with Crippen molar-refractivity contribution >= 4 is 23.1 Å². The maximum absolute atomic E-state index is 13.3. The number of phenolic OH excluding ortho intramolecular Hbond substituents is 1. The molecule has 0 aromatic heterocycles. The summed E-state index contributed by atoms with van der Waals surface area (Å²) in [5.41, 5.74) is 3.40. The Kier molecular flexibility index (Phi) is 6.41. The van der Waals surface area contributed by atoms with Crippen LogP contribution in [-0.4, -0.2) is 28.5 Å². The number of ketones is 1. The maximum Gasteiger partial charge on any atom is 0.300 e. The number of carbonyl (C=O) groups excluding carboxylic acids is 2. The van der Waals surface area contributed by atoms with E-state index >= 15 is 0 Å². The minimum absolute atomic E-state index is 0.00172. The van der Waals surface area contributed by atoms with Gasteiger partial charge in [0.2, 0.25) is 0 Å². The van der Waals surface area contributed by atoms with E-state index in [1.54, 1.807) is 42.5 Å². The van der Waals surface area contributed by atoms with Gasteiger partial charge in [-0.15, -0.1) is 0 Å². The topological polar surface area (TPSA) is 87.1 Å². The van der Waals surface area contributed by atoms with Crippen LogP contribution in [0.25, 0.3) is 5.76 Å². The van der Waals surface area contributed by atoms with E-state index < -0.39 is 17.7 Å². The number of aryl methyl sites for hydroxylation is 2. The molecule has 34 heavy (non-hydrogen) atoms. The molecule has 1 unspecified atom stereocenters. The first-order valence-corrected chi connectivity index (χ1v) is 11.2. The van der Waals surface area contributed by atoms with Crippen LogP contribution in [0.15, 0.2) is 72.3 Å². The largest absolute Gasteiger partial charge is 0.508 e. The highest BCUT2D eigenvalue weighted by atomic mass is 16.5. The number of carbonyl (C=O) groups is 2. The Morgan fingerprint density at radius 1 is 0.971 bits per heavy atom. The van der Waals surface area contributed by atoms with Crippen molar-refractivity contribution in [1.82, 2.24) is 0 Å². The first-order valence-electron chi connectivity index (χ1n) is 11.2. The Bertz CT molecular complexity index is 1290. The number of ether oxygens (including phenoxy) is 1. The van der Waals surface area contributed by atoms with Gasteiger partial charge in [0.15, 0.2) is 0 Å². The molecule has 174 valence electrons. The van der Waals surface area contributed by atoms with Crippen molar-refractivity contribution in [2.75, 3.05) is 11.5 Å². The third kappa shape index (κ3) is 4.27. The smallest absolute Gasteiger partial charge is 0.300 e. The zero-order valence-electron chi connectivity index (χ0n) is 19.4. The number of aliphatic hydroxyl groups is 1. The van der Waals surface area contributed by atoms with Gasteiger partial charge in [-0.2, -0.15) is 0 Å². The second kappa shape index (κ2) is 9.43. The maximum atomic E-state index is 13.3. The second-order valence-electron chi connectivity index (χ2n) is 8.41. The molecule has 1 aliphatic heterocycles. The lowest BCUT2D eigenvalue weighted by Gasteiger charge is -2.26. The van der Waals surface area contributed by atoms with Crippen molar-refractivity contribution in [2.45, 2.75) is 33.2 Å². The van der Waals surface area contributed by atoms with Crippen LogP contribution in [0.5, 0.6) is 11.5 Å². The molecule has 1 fully saturated rings. The predicted octanol–water partition coefficient (Wildman–Crippen LogP) is 5.42. The Balaban J connectivity index is 1.91. The molecule has 0 aliphatic carbocycles. The van der Waals surface area contributed by atoms with Gasteiger partial charge < -0.3 is 14.9 Å². The highest BCUT2D eigenvalue weighted by molar-refractivity contribution is 6.51. The van der Waals surface area contributed by atoms with E-state index in [2.05, 4.69) is 0 Å². The lowest BCUT2D eigenvalue weighted by atomic mass is 9.94. The number of hydrogen-bond acceptors (Lipinski definition) is 5. The van der Waals surface area contributed by atoms with Crippen molar-refractivity contribution in [2.24, 2.45) is 0 Å². The van der Waals surface area contributed by atoms with Crippen LogP contribution in [0.3, 0.4) is 0 Å². The highest BCUT2D eigenvalue weighted by Crippen LogP contribution is 2.43. The first-order chi connectivity index (χ1) is 16.3. The van der Waals surface area contributed by atoms with Gasteiger partial charge in [0.05, 0.1) is 18.2 Å². The van der Waals surface area contributed by atoms with Gasteiger partial charge in [-0.25, -0.2) is 0 Å². The van der Waals surface area contributed by atoms with Crippen molar-refractivity contribution in [3.63, 3.8) is 0 Å². The standard InChI is InChI=1S/C28H27NO5/c1-4-13-34-23-10-6-8-20(16-23)26(31)24-25(19-7-5-9-22(30)15-19)29(28(33)27(24)32)21-12-11-17(2)18(3)14-21/h5-12,14-16,25,30-31H,4,13H2,1-3H3/b26-24+. The molecule has 4 rings (SSSR count). The summed E-state index contributed by atoms with van der Waals surface area (Å²) < 4.78 is 5.67. The Labute approximate surface area is 198 Å². The molecule has 0 spiro atoms. The number of Topliss-reactive ketones (excluding diaryl/α,β-unsaturated/α-hetero) is 1. The predicted molar refractivity (Wildman–Crippen MR) is 131 cm³/mol. The summed E-state index contributed by atoms with van der Waals surface area (Å²) in [4.78, 5) is 27.9. The molecule has 1 saturated heterocycles. The van der Waals surface area contributed by atoms with Gasteiger partial charge >= 0.3 is 0 Å². The normalized spacial score (nSPS) is 17.3. The van der Waals surface area contributed by atoms with E-state index in [1.807, 2.05) is 32.9 Å². The average molecular weight is 458 g/mol. The molecule has 0 radical (unpaired) electrons. The Morgan fingerprint density at radius 3 is 2.44 bits per heavy atom. The molecule has 0 saturated carbocycles. The van der Waals surface area contributed by atoms with E-state index in [0.29, 0.717) is 29.2 Å². The van der Waals surface area contributed by atoms with Crippen molar-refractivity contribution in [3.05, 3.63) is 94.6 Å². The van der Waals surface area contributed by atoms with Gasteiger partial charge in [-0.3, -0.25) is 14.5 Å². The molecule has 3 aromatic rings. The van der Waals surface area contributed by atoms with Gasteiger partial charge in [0, 0.05) is 11.3 Å². The number of aromatic hydroxyl groups is 1. The van der Waals surface area contributed by atoms with Crippen molar-refractivity contribution < 1.29 is 24.5 Å². The van der Waals surface area contributed by atoms with Crippen molar-refractivity contribution in [1.29, 1.82) is 0 Å². The van der Waals surface area contributed by atoms with Crippen LogP contribution in [0.4, 0.5) is 5.69 Å². The highest BCUT2D eigenvalue weighted by Gasteiger charge is 2.47. The van der Waals surface area contributed by atoms with Gasteiger partial charge in [0.25, 0.3) is 11.7 Å². The minimum atomic E-state index is -0.908. The Morgan fingerprint density at radius 2 is 1.74 bits per heavy atom. The van der Waals surface area contributed by atoms with E-state index in [-0.39, 0.29) is 17.1 Å². The molecule has 1 aliphatic rings. The summed E-state index contributed by atoms with van der Waals surface area (Å²) in [5.74, 6) is -1.26. The summed E-state index contributed by atoms with van der Waals surface area (Å²) >= 11 is 0. The number of rotatable bonds is 6. The third-order valence-electron chi connectivity index (χ3n) is 5.98. The van der Waals surface area contributed by atoms with E-state index in [9.17, 15) is 19.8 Å². The second-order valence-corrected chi connectivity index (χ2v) is 8.41. The quantitative estimate of drug-likeness (QED) is 0.293. The summed E-state index contributed by atoms with van der Waals surface area (Å²) in [6.07, 6.45) is 0.828. The average Bonchev–Trinajstić information content (AvgIpc) is 3.09. The molecule has 0 bridgehead atoms. The van der Waals surface area contributed by atoms with Gasteiger partial charge in [0.1, 0.15) is 17.3 Å². The number of hydrogen-bond donors (Lipinski definition) is 2. The zero-order chi connectivity index (χ0) is 24.4. The summed E-state index contributed by atoms with van der Waals surface area (Å²) in [6, 6.07) is 17.8. The molecular formula is C28H27NO5. The van der Waals surface area contributed by atoms with Gasteiger partial charge in [-0.05, 0) is 73.4 Å². The number of aliphatic hydroxyl groups excluding tert-OH is 1. The molecular weight excluding hydrogens is 430 g/mol. The van der Waals surface area contributed by atoms with E-state index in [1.165, 1.54) is 17.0 Å². The van der Waals surface area contributed by atoms with E-state index in [0.717, 1.165) is 17.5 Å². The summed E-state index contributed by atoms with van der Waals surface area (Å²) in [5, 5.41) is 21.4. The van der Waals surface area contributed by atoms with Crippen LogP contribution in [-0.2, 0) is 9.59 Å². The molecule has 3 aromatic carbocycles.